The predicted octanol–water partition coefficient (Wildman–Crippen LogP) is 2.50. The standard InChI is InChI=1S/C13H23N3S/c1-4-13(5-2)10-15-11(3)8-16(13)9-12-14-6-7-17-12/h6-7,11,15H,4-5,8-10H2,1-3H3. The summed E-state index contributed by atoms with van der Waals surface area (Å²) in [5.74, 6) is 0. The van der Waals surface area contributed by atoms with E-state index in [1.807, 2.05) is 6.20 Å². The minimum atomic E-state index is 0.318. The highest BCUT2D eigenvalue weighted by Crippen LogP contribution is 2.28. The second kappa shape index (κ2) is 5.46. The van der Waals surface area contributed by atoms with Gasteiger partial charge in [-0.05, 0) is 19.8 Å². The van der Waals surface area contributed by atoms with E-state index in [1.54, 1.807) is 11.3 Å². The van der Waals surface area contributed by atoms with E-state index >= 15 is 0 Å². The summed E-state index contributed by atoms with van der Waals surface area (Å²) < 4.78 is 0. The van der Waals surface area contributed by atoms with Gasteiger partial charge < -0.3 is 5.32 Å². The van der Waals surface area contributed by atoms with E-state index in [9.17, 15) is 0 Å². The number of rotatable bonds is 4. The van der Waals surface area contributed by atoms with Crippen LogP contribution in [0, 0.1) is 0 Å². The molecule has 1 atom stereocenters. The van der Waals surface area contributed by atoms with Gasteiger partial charge in [0.05, 0.1) is 6.54 Å². The second-order valence-corrected chi connectivity index (χ2v) is 6.00. The molecule has 0 radical (unpaired) electrons. The molecule has 2 rings (SSSR count). The van der Waals surface area contributed by atoms with Crippen molar-refractivity contribution in [1.82, 2.24) is 15.2 Å². The van der Waals surface area contributed by atoms with Crippen LogP contribution < -0.4 is 5.32 Å². The molecule has 1 fully saturated rings. The molecule has 17 heavy (non-hydrogen) atoms. The van der Waals surface area contributed by atoms with Crippen LogP contribution in [0.15, 0.2) is 11.6 Å². The molecule has 0 spiro atoms. The first kappa shape index (κ1) is 13.0. The maximum Gasteiger partial charge on any atom is 0.107 e. The molecule has 0 bridgehead atoms. The molecule has 2 heterocycles. The Morgan fingerprint density at radius 2 is 2.29 bits per heavy atom. The van der Waals surface area contributed by atoms with Crippen LogP contribution in [-0.4, -0.2) is 34.6 Å². The number of nitrogens with one attached hydrogen (secondary N) is 1. The molecule has 1 N–H and O–H groups in total. The molecule has 1 saturated heterocycles. The van der Waals surface area contributed by atoms with Crippen LogP contribution in [0.1, 0.15) is 38.6 Å². The van der Waals surface area contributed by atoms with Crippen LogP contribution in [-0.2, 0) is 6.54 Å². The highest BCUT2D eigenvalue weighted by molar-refractivity contribution is 7.09. The summed E-state index contributed by atoms with van der Waals surface area (Å²) in [5.41, 5.74) is 0.318. The molecule has 1 aliphatic heterocycles. The Morgan fingerprint density at radius 3 is 2.88 bits per heavy atom. The van der Waals surface area contributed by atoms with Crippen molar-refractivity contribution in [2.24, 2.45) is 0 Å². The first-order chi connectivity index (χ1) is 8.20. The fraction of sp³-hybridized carbons (Fsp3) is 0.769. The number of nitrogens with zero attached hydrogens (tertiary/aromatic N) is 2. The van der Waals surface area contributed by atoms with E-state index in [2.05, 4.69) is 41.4 Å². The normalized spacial score (nSPS) is 25.0. The Labute approximate surface area is 108 Å². The Kier molecular flexibility index (Phi) is 4.17. The molecule has 1 aromatic rings. The average Bonchev–Trinajstić information content (AvgIpc) is 2.83. The molecule has 0 saturated carbocycles. The third-order valence-corrected chi connectivity index (χ3v) is 4.83. The van der Waals surface area contributed by atoms with Crippen molar-refractivity contribution in [3.8, 4) is 0 Å². The number of thiazole rings is 1. The summed E-state index contributed by atoms with van der Waals surface area (Å²) in [7, 11) is 0. The van der Waals surface area contributed by atoms with Crippen LogP contribution in [0.4, 0.5) is 0 Å². The van der Waals surface area contributed by atoms with E-state index in [0.717, 1.165) is 19.6 Å². The SMILES string of the molecule is CCC1(CC)CNC(C)CN1Cc1nccs1. The lowest BCUT2D eigenvalue weighted by atomic mass is 9.87. The smallest absolute Gasteiger partial charge is 0.107 e. The Bertz CT molecular complexity index is 332. The lowest BCUT2D eigenvalue weighted by Gasteiger charge is -2.48. The molecule has 1 aromatic heterocycles. The Balaban J connectivity index is 2.13. The van der Waals surface area contributed by atoms with Gasteiger partial charge in [-0.25, -0.2) is 4.98 Å². The zero-order valence-electron chi connectivity index (χ0n) is 11.1. The molecule has 0 amide bonds. The van der Waals surface area contributed by atoms with Crippen molar-refractivity contribution in [2.75, 3.05) is 13.1 Å². The van der Waals surface area contributed by atoms with Crippen LogP contribution in [0.5, 0.6) is 0 Å². The van der Waals surface area contributed by atoms with Gasteiger partial charge in [0.2, 0.25) is 0 Å². The number of piperazine rings is 1. The topological polar surface area (TPSA) is 28.2 Å². The third kappa shape index (κ3) is 2.69. The van der Waals surface area contributed by atoms with E-state index in [0.29, 0.717) is 11.6 Å². The summed E-state index contributed by atoms with van der Waals surface area (Å²) in [4.78, 5) is 7.06. The zero-order valence-corrected chi connectivity index (χ0v) is 11.9. The highest BCUT2D eigenvalue weighted by Gasteiger charge is 2.37. The van der Waals surface area contributed by atoms with E-state index in [1.165, 1.54) is 17.8 Å². The molecule has 1 aliphatic rings. The van der Waals surface area contributed by atoms with Crippen LogP contribution in [0.25, 0.3) is 0 Å². The molecular formula is C13H23N3S. The number of aromatic nitrogens is 1. The Hall–Kier alpha value is -0.450. The summed E-state index contributed by atoms with van der Waals surface area (Å²) in [5, 5.41) is 6.94. The minimum Gasteiger partial charge on any atom is -0.311 e. The number of hydrogen-bond donors (Lipinski definition) is 1. The van der Waals surface area contributed by atoms with Gasteiger partial charge in [-0.1, -0.05) is 13.8 Å². The lowest BCUT2D eigenvalue weighted by molar-refractivity contribution is 0.0278. The molecular weight excluding hydrogens is 230 g/mol. The van der Waals surface area contributed by atoms with Crippen molar-refractivity contribution in [3.63, 3.8) is 0 Å². The summed E-state index contributed by atoms with van der Waals surface area (Å²) in [6, 6.07) is 0.584. The summed E-state index contributed by atoms with van der Waals surface area (Å²) in [6.45, 7) is 10.1. The fourth-order valence-electron chi connectivity index (χ4n) is 2.74. The maximum absolute atomic E-state index is 4.43. The van der Waals surface area contributed by atoms with Gasteiger partial charge in [0.15, 0.2) is 0 Å². The molecule has 1 unspecified atom stereocenters. The van der Waals surface area contributed by atoms with Crippen molar-refractivity contribution in [1.29, 1.82) is 0 Å². The van der Waals surface area contributed by atoms with Gasteiger partial charge in [-0.2, -0.15) is 0 Å². The molecule has 0 aromatic carbocycles. The molecule has 0 aliphatic carbocycles. The lowest BCUT2D eigenvalue weighted by Crippen LogP contribution is -2.63. The first-order valence-electron chi connectivity index (χ1n) is 6.57. The largest absolute Gasteiger partial charge is 0.311 e. The van der Waals surface area contributed by atoms with Crippen molar-refractivity contribution in [2.45, 2.75) is 51.7 Å². The fourth-order valence-corrected chi connectivity index (χ4v) is 3.37. The molecule has 3 nitrogen and oxygen atoms in total. The first-order valence-corrected chi connectivity index (χ1v) is 7.45. The van der Waals surface area contributed by atoms with Gasteiger partial charge >= 0.3 is 0 Å². The second-order valence-electron chi connectivity index (χ2n) is 5.02. The maximum atomic E-state index is 4.43. The highest BCUT2D eigenvalue weighted by atomic mass is 32.1. The van der Waals surface area contributed by atoms with Gasteiger partial charge in [0.1, 0.15) is 5.01 Å². The average molecular weight is 253 g/mol. The molecule has 96 valence electrons. The third-order valence-electron chi connectivity index (χ3n) is 4.07. The van der Waals surface area contributed by atoms with Crippen molar-refractivity contribution < 1.29 is 0 Å². The van der Waals surface area contributed by atoms with Crippen LogP contribution >= 0.6 is 11.3 Å². The van der Waals surface area contributed by atoms with E-state index in [4.69, 9.17) is 0 Å². The quantitative estimate of drug-likeness (QED) is 0.893. The van der Waals surface area contributed by atoms with Gasteiger partial charge in [0.25, 0.3) is 0 Å². The van der Waals surface area contributed by atoms with Crippen LogP contribution in [0.3, 0.4) is 0 Å². The van der Waals surface area contributed by atoms with E-state index in [-0.39, 0.29) is 0 Å². The van der Waals surface area contributed by atoms with Gasteiger partial charge in [-0.15, -0.1) is 11.3 Å². The van der Waals surface area contributed by atoms with Crippen molar-refractivity contribution >= 4 is 11.3 Å². The predicted molar refractivity (Wildman–Crippen MR) is 73.3 cm³/mol. The van der Waals surface area contributed by atoms with Gasteiger partial charge in [0, 0.05) is 36.2 Å². The number of hydrogen-bond acceptors (Lipinski definition) is 4. The Morgan fingerprint density at radius 1 is 1.53 bits per heavy atom. The van der Waals surface area contributed by atoms with Crippen molar-refractivity contribution in [3.05, 3.63) is 16.6 Å². The zero-order chi connectivity index (χ0) is 12.3. The monoisotopic (exact) mass is 253 g/mol. The van der Waals surface area contributed by atoms with Crippen LogP contribution in [0.2, 0.25) is 0 Å². The molecule has 4 heteroatoms. The van der Waals surface area contributed by atoms with E-state index < -0.39 is 0 Å². The summed E-state index contributed by atoms with van der Waals surface area (Å²) >= 11 is 1.77. The van der Waals surface area contributed by atoms with Gasteiger partial charge in [-0.3, -0.25) is 4.90 Å². The minimum absolute atomic E-state index is 0.318. The summed E-state index contributed by atoms with van der Waals surface area (Å²) in [6.07, 6.45) is 4.31.